The van der Waals surface area contributed by atoms with Crippen LogP contribution in [0, 0.1) is 17.1 Å². The normalized spacial score (nSPS) is 15.3. The van der Waals surface area contributed by atoms with Gasteiger partial charge >= 0.3 is 0 Å². The topological polar surface area (TPSA) is 109 Å². The van der Waals surface area contributed by atoms with Gasteiger partial charge in [0.2, 0.25) is 0 Å². The maximum atomic E-state index is 13.6. The SMILES string of the molecule is N#Cc1ccc(C(=O)Nc2cc(C(=O)N3CCNCC3)ccc2N2CCN(C(=O)c3cccc(F)c3)CC2)cc1. The Hall–Kier alpha value is -4.75. The lowest BCUT2D eigenvalue weighted by Crippen LogP contribution is -2.49. The molecule has 0 atom stereocenters. The van der Waals surface area contributed by atoms with Crippen LogP contribution in [0.5, 0.6) is 0 Å². The zero-order chi connectivity index (χ0) is 28.1. The second kappa shape index (κ2) is 12.0. The summed E-state index contributed by atoms with van der Waals surface area (Å²) in [5, 5.41) is 15.3. The van der Waals surface area contributed by atoms with Crippen LogP contribution >= 0.6 is 0 Å². The summed E-state index contributed by atoms with van der Waals surface area (Å²) >= 11 is 0. The fourth-order valence-electron chi connectivity index (χ4n) is 4.94. The van der Waals surface area contributed by atoms with Crippen LogP contribution < -0.4 is 15.5 Å². The molecule has 0 radical (unpaired) electrons. The molecule has 0 spiro atoms. The predicted molar refractivity (Wildman–Crippen MR) is 149 cm³/mol. The molecule has 0 saturated carbocycles. The molecule has 3 amide bonds. The van der Waals surface area contributed by atoms with E-state index in [9.17, 15) is 18.8 Å². The highest BCUT2D eigenvalue weighted by atomic mass is 19.1. The number of nitriles is 1. The quantitative estimate of drug-likeness (QED) is 0.515. The summed E-state index contributed by atoms with van der Waals surface area (Å²) in [7, 11) is 0. The smallest absolute Gasteiger partial charge is 0.255 e. The van der Waals surface area contributed by atoms with E-state index in [1.165, 1.54) is 18.2 Å². The predicted octanol–water partition coefficient (Wildman–Crippen LogP) is 2.96. The van der Waals surface area contributed by atoms with Crippen molar-refractivity contribution < 1.29 is 18.8 Å². The minimum atomic E-state index is -0.456. The number of amides is 3. The first-order valence-corrected chi connectivity index (χ1v) is 13.2. The molecule has 9 nitrogen and oxygen atoms in total. The van der Waals surface area contributed by atoms with Gasteiger partial charge in [-0.05, 0) is 60.7 Å². The van der Waals surface area contributed by atoms with E-state index in [2.05, 4.69) is 15.5 Å². The standard InChI is InChI=1S/C30H29FN6O3/c31-25-3-1-2-23(18-25)29(39)37-16-14-35(15-17-37)27-9-8-24(30(40)36-12-10-33-11-13-36)19-26(27)34-28(38)22-6-4-21(20-32)5-7-22/h1-9,18-19,33H,10-17H2,(H,34,38). The van der Waals surface area contributed by atoms with Crippen LogP contribution in [0.4, 0.5) is 15.8 Å². The number of hydrogen-bond donors (Lipinski definition) is 2. The van der Waals surface area contributed by atoms with Gasteiger partial charge < -0.3 is 25.3 Å². The molecule has 2 aliphatic heterocycles. The molecule has 2 N–H and O–H groups in total. The Bertz CT molecular complexity index is 1460. The Kier molecular flexibility index (Phi) is 8.03. The molecule has 3 aromatic carbocycles. The number of carbonyl (C=O) groups excluding carboxylic acids is 3. The number of anilines is 2. The average Bonchev–Trinajstić information content (AvgIpc) is 3.01. The number of halogens is 1. The van der Waals surface area contributed by atoms with Gasteiger partial charge in [0.15, 0.2) is 0 Å². The minimum absolute atomic E-state index is 0.104. The Balaban J connectivity index is 1.37. The zero-order valence-corrected chi connectivity index (χ0v) is 21.9. The molecule has 0 bridgehead atoms. The van der Waals surface area contributed by atoms with Gasteiger partial charge in [-0.2, -0.15) is 5.26 Å². The van der Waals surface area contributed by atoms with Gasteiger partial charge in [0.1, 0.15) is 5.82 Å². The van der Waals surface area contributed by atoms with Crippen LogP contribution in [-0.2, 0) is 0 Å². The monoisotopic (exact) mass is 540 g/mol. The Morgan fingerprint density at radius 2 is 1.40 bits per heavy atom. The van der Waals surface area contributed by atoms with Crippen molar-refractivity contribution in [3.63, 3.8) is 0 Å². The van der Waals surface area contributed by atoms with Crippen LogP contribution in [0.3, 0.4) is 0 Å². The second-order valence-corrected chi connectivity index (χ2v) is 9.71. The minimum Gasteiger partial charge on any atom is -0.366 e. The number of hydrogen-bond acceptors (Lipinski definition) is 6. The third kappa shape index (κ3) is 5.95. The second-order valence-electron chi connectivity index (χ2n) is 9.71. The van der Waals surface area contributed by atoms with E-state index in [1.54, 1.807) is 52.3 Å². The van der Waals surface area contributed by atoms with Crippen molar-refractivity contribution in [2.24, 2.45) is 0 Å². The van der Waals surface area contributed by atoms with Gasteiger partial charge in [0.25, 0.3) is 17.7 Å². The third-order valence-electron chi connectivity index (χ3n) is 7.15. The number of carbonyl (C=O) groups is 3. The molecule has 3 aromatic rings. The highest BCUT2D eigenvalue weighted by molar-refractivity contribution is 6.07. The van der Waals surface area contributed by atoms with Gasteiger partial charge in [-0.25, -0.2) is 4.39 Å². The third-order valence-corrected chi connectivity index (χ3v) is 7.15. The number of benzene rings is 3. The van der Waals surface area contributed by atoms with Gasteiger partial charge in [-0.3, -0.25) is 14.4 Å². The molecule has 5 rings (SSSR count). The van der Waals surface area contributed by atoms with E-state index >= 15 is 0 Å². The van der Waals surface area contributed by atoms with Gasteiger partial charge in [0, 0.05) is 69.0 Å². The molecule has 2 saturated heterocycles. The lowest BCUT2D eigenvalue weighted by Gasteiger charge is -2.37. The Labute approximate surface area is 231 Å². The summed E-state index contributed by atoms with van der Waals surface area (Å²) in [6.45, 7) is 4.48. The Morgan fingerprint density at radius 3 is 2.05 bits per heavy atom. The first kappa shape index (κ1) is 26.8. The van der Waals surface area contributed by atoms with E-state index in [4.69, 9.17) is 5.26 Å². The van der Waals surface area contributed by atoms with Gasteiger partial charge in [0.05, 0.1) is 23.0 Å². The first-order valence-electron chi connectivity index (χ1n) is 13.2. The van der Waals surface area contributed by atoms with E-state index in [1.807, 2.05) is 12.1 Å². The van der Waals surface area contributed by atoms with E-state index in [0.29, 0.717) is 67.2 Å². The van der Waals surface area contributed by atoms with Crippen molar-refractivity contribution in [3.05, 3.63) is 94.8 Å². The first-order chi connectivity index (χ1) is 19.4. The summed E-state index contributed by atoms with van der Waals surface area (Å²) in [5.41, 5.74) is 2.83. The van der Waals surface area contributed by atoms with Crippen molar-refractivity contribution >= 4 is 29.1 Å². The maximum absolute atomic E-state index is 13.6. The van der Waals surface area contributed by atoms with Crippen LogP contribution in [0.25, 0.3) is 0 Å². The largest absolute Gasteiger partial charge is 0.366 e. The van der Waals surface area contributed by atoms with E-state index in [0.717, 1.165) is 18.8 Å². The lowest BCUT2D eigenvalue weighted by atomic mass is 10.1. The lowest BCUT2D eigenvalue weighted by molar-refractivity contribution is 0.0731. The number of nitrogens with one attached hydrogen (secondary N) is 2. The molecule has 0 aromatic heterocycles. The summed E-state index contributed by atoms with van der Waals surface area (Å²) in [4.78, 5) is 44.8. The molecule has 10 heteroatoms. The van der Waals surface area contributed by atoms with Crippen LogP contribution in [-0.4, -0.2) is 79.9 Å². The molecule has 2 heterocycles. The van der Waals surface area contributed by atoms with Crippen LogP contribution in [0.15, 0.2) is 66.7 Å². The summed E-state index contributed by atoms with van der Waals surface area (Å²) in [6, 6.07) is 19.3. The maximum Gasteiger partial charge on any atom is 0.255 e. The van der Waals surface area contributed by atoms with Crippen molar-refractivity contribution in [1.29, 1.82) is 5.26 Å². The van der Waals surface area contributed by atoms with E-state index < -0.39 is 5.82 Å². The summed E-state index contributed by atoms with van der Waals surface area (Å²) < 4.78 is 13.6. The number of nitrogens with zero attached hydrogens (tertiary/aromatic N) is 4. The molecular weight excluding hydrogens is 511 g/mol. The van der Waals surface area contributed by atoms with E-state index in [-0.39, 0.29) is 17.7 Å². The number of piperazine rings is 2. The summed E-state index contributed by atoms with van der Waals surface area (Å²) in [6.07, 6.45) is 0. The number of rotatable bonds is 5. The Morgan fingerprint density at radius 1 is 0.775 bits per heavy atom. The molecule has 0 aliphatic carbocycles. The van der Waals surface area contributed by atoms with Crippen LogP contribution in [0.2, 0.25) is 0 Å². The highest BCUT2D eigenvalue weighted by Gasteiger charge is 2.26. The van der Waals surface area contributed by atoms with Crippen molar-refractivity contribution in [2.45, 2.75) is 0 Å². The molecule has 40 heavy (non-hydrogen) atoms. The fourth-order valence-corrected chi connectivity index (χ4v) is 4.94. The molecular formula is C30H29FN6O3. The van der Waals surface area contributed by atoms with Crippen LogP contribution in [0.1, 0.15) is 36.6 Å². The molecule has 0 unspecified atom stereocenters. The summed E-state index contributed by atoms with van der Waals surface area (Å²) in [5.74, 6) is -1.15. The fraction of sp³-hybridized carbons (Fsp3) is 0.267. The van der Waals surface area contributed by atoms with Gasteiger partial charge in [-0.1, -0.05) is 6.07 Å². The van der Waals surface area contributed by atoms with Crippen molar-refractivity contribution in [1.82, 2.24) is 15.1 Å². The molecule has 2 fully saturated rings. The van der Waals surface area contributed by atoms with Gasteiger partial charge in [-0.15, -0.1) is 0 Å². The molecule has 2 aliphatic rings. The average molecular weight is 541 g/mol. The highest BCUT2D eigenvalue weighted by Crippen LogP contribution is 2.30. The molecule has 204 valence electrons. The van der Waals surface area contributed by atoms with Crippen molar-refractivity contribution in [3.8, 4) is 6.07 Å². The zero-order valence-electron chi connectivity index (χ0n) is 21.9. The van der Waals surface area contributed by atoms with Crippen molar-refractivity contribution in [2.75, 3.05) is 62.6 Å².